The van der Waals surface area contributed by atoms with Crippen LogP contribution >= 0.6 is 0 Å². The molecule has 26 heavy (non-hydrogen) atoms. The molecule has 0 N–H and O–H groups in total. The van der Waals surface area contributed by atoms with Gasteiger partial charge in [0.25, 0.3) is 0 Å². The number of rotatable bonds is 13. The number of para-hydroxylation sites is 1. The van der Waals surface area contributed by atoms with Gasteiger partial charge in [0.1, 0.15) is 0 Å². The maximum atomic E-state index is 5.51. The first-order valence-electron chi connectivity index (χ1n) is 10.1. The van der Waals surface area contributed by atoms with Crippen molar-refractivity contribution in [3.8, 4) is 11.5 Å². The summed E-state index contributed by atoms with van der Waals surface area (Å²) in [7, 11) is 3.42. The molecule has 2 rings (SSSR count). The van der Waals surface area contributed by atoms with Crippen LogP contribution in [0.25, 0.3) is 0 Å². The zero-order chi connectivity index (χ0) is 18.5. The second kappa shape index (κ2) is 12.4. The first-order valence-corrected chi connectivity index (χ1v) is 10.1. The van der Waals surface area contributed by atoms with Crippen molar-refractivity contribution in [1.29, 1.82) is 0 Å². The van der Waals surface area contributed by atoms with Crippen LogP contribution in [0.5, 0.6) is 11.5 Å². The first kappa shape index (κ1) is 20.4. The molecule has 0 radical (unpaired) electrons. The van der Waals surface area contributed by atoms with Gasteiger partial charge in [0.05, 0.1) is 14.2 Å². The van der Waals surface area contributed by atoms with Crippen molar-refractivity contribution in [2.75, 3.05) is 14.2 Å². The topological polar surface area (TPSA) is 18.5 Å². The van der Waals surface area contributed by atoms with Gasteiger partial charge >= 0.3 is 0 Å². The van der Waals surface area contributed by atoms with E-state index in [9.17, 15) is 0 Å². The molecule has 0 aliphatic rings. The van der Waals surface area contributed by atoms with E-state index < -0.39 is 0 Å². The van der Waals surface area contributed by atoms with Crippen LogP contribution in [0.15, 0.2) is 48.5 Å². The van der Waals surface area contributed by atoms with Crippen molar-refractivity contribution in [2.45, 2.75) is 64.2 Å². The molecule has 2 aromatic carbocycles. The summed E-state index contributed by atoms with van der Waals surface area (Å²) in [6.45, 7) is 0. The van der Waals surface area contributed by atoms with Gasteiger partial charge in [0.2, 0.25) is 0 Å². The molecule has 0 aliphatic heterocycles. The Balaban J connectivity index is 1.50. The minimum atomic E-state index is 0.834. The lowest BCUT2D eigenvalue weighted by atomic mass is 10.0. The number of aryl methyl sites for hydroxylation is 2. The molecule has 2 aromatic rings. The van der Waals surface area contributed by atoms with Gasteiger partial charge < -0.3 is 9.47 Å². The summed E-state index contributed by atoms with van der Waals surface area (Å²) < 4.78 is 10.9. The number of hydrogen-bond acceptors (Lipinski definition) is 2. The van der Waals surface area contributed by atoms with Crippen LogP contribution in [0.3, 0.4) is 0 Å². The second-order valence-electron chi connectivity index (χ2n) is 6.97. The molecule has 0 aromatic heterocycles. The number of hydrogen-bond donors (Lipinski definition) is 0. The van der Waals surface area contributed by atoms with Gasteiger partial charge in [-0.1, -0.05) is 81.0 Å². The minimum absolute atomic E-state index is 0.834. The minimum Gasteiger partial charge on any atom is -0.493 e. The predicted octanol–water partition coefficient (Wildman–Crippen LogP) is 6.61. The van der Waals surface area contributed by atoms with E-state index in [0.717, 1.165) is 17.9 Å². The Kier molecular flexibility index (Phi) is 9.71. The van der Waals surface area contributed by atoms with E-state index in [-0.39, 0.29) is 0 Å². The van der Waals surface area contributed by atoms with Crippen LogP contribution in [0, 0.1) is 0 Å². The van der Waals surface area contributed by atoms with Gasteiger partial charge in [-0.3, -0.25) is 0 Å². The highest BCUT2D eigenvalue weighted by Crippen LogP contribution is 2.31. The highest BCUT2D eigenvalue weighted by Gasteiger charge is 2.08. The molecule has 0 bridgehead atoms. The normalized spacial score (nSPS) is 10.7. The zero-order valence-corrected chi connectivity index (χ0v) is 16.5. The lowest BCUT2D eigenvalue weighted by Crippen LogP contribution is -1.96. The van der Waals surface area contributed by atoms with E-state index in [1.165, 1.54) is 68.9 Å². The Morgan fingerprint density at radius 1 is 0.577 bits per heavy atom. The lowest BCUT2D eigenvalue weighted by Gasteiger charge is -2.12. The third-order valence-electron chi connectivity index (χ3n) is 4.99. The molecule has 0 fully saturated rings. The van der Waals surface area contributed by atoms with Crippen LogP contribution < -0.4 is 9.47 Å². The third-order valence-corrected chi connectivity index (χ3v) is 4.99. The van der Waals surface area contributed by atoms with Crippen molar-refractivity contribution in [3.63, 3.8) is 0 Å². The smallest absolute Gasteiger partial charge is 0.163 e. The van der Waals surface area contributed by atoms with E-state index in [2.05, 4.69) is 36.4 Å². The first-order chi connectivity index (χ1) is 12.8. The van der Waals surface area contributed by atoms with Gasteiger partial charge in [-0.25, -0.2) is 0 Å². The van der Waals surface area contributed by atoms with Crippen LogP contribution in [0.1, 0.15) is 62.5 Å². The molecule has 0 aliphatic carbocycles. The molecule has 0 unspecified atom stereocenters. The molecule has 0 saturated carbocycles. The highest BCUT2D eigenvalue weighted by molar-refractivity contribution is 5.46. The molecule has 2 heteroatoms. The lowest BCUT2D eigenvalue weighted by molar-refractivity contribution is 0.351. The zero-order valence-electron chi connectivity index (χ0n) is 16.5. The summed E-state index contributed by atoms with van der Waals surface area (Å²) in [5, 5.41) is 0. The molecule has 0 atom stereocenters. The quantitative estimate of drug-likeness (QED) is 0.377. The Morgan fingerprint density at radius 2 is 1.19 bits per heavy atom. The molecule has 0 amide bonds. The number of ether oxygens (including phenoxy) is 2. The number of unbranched alkanes of at least 4 members (excludes halogenated alkanes) is 7. The average Bonchev–Trinajstić information content (AvgIpc) is 2.69. The average molecular weight is 355 g/mol. The van der Waals surface area contributed by atoms with Gasteiger partial charge in [0.15, 0.2) is 11.5 Å². The fourth-order valence-electron chi connectivity index (χ4n) is 3.50. The predicted molar refractivity (Wildman–Crippen MR) is 110 cm³/mol. The maximum Gasteiger partial charge on any atom is 0.163 e. The molecule has 2 nitrogen and oxygen atoms in total. The van der Waals surface area contributed by atoms with Crippen molar-refractivity contribution in [1.82, 2.24) is 0 Å². The van der Waals surface area contributed by atoms with E-state index >= 15 is 0 Å². The van der Waals surface area contributed by atoms with Crippen molar-refractivity contribution < 1.29 is 9.47 Å². The molecule has 0 spiro atoms. The summed E-state index contributed by atoms with van der Waals surface area (Å²) in [5.74, 6) is 1.73. The molecule has 0 heterocycles. The van der Waals surface area contributed by atoms with Gasteiger partial charge in [-0.05, 0) is 42.9 Å². The van der Waals surface area contributed by atoms with E-state index in [1.54, 1.807) is 14.2 Å². The Morgan fingerprint density at radius 3 is 1.81 bits per heavy atom. The Labute approximate surface area is 159 Å². The standard InChI is InChI=1S/C24H34O2/c1-25-23-20-14-19-22(24(23)26-2)18-13-8-6-4-3-5-7-10-15-21-16-11-9-12-17-21/h9,11-12,14,16-17,19-20H,3-8,10,13,15,18H2,1-2H3. The van der Waals surface area contributed by atoms with Crippen molar-refractivity contribution in [3.05, 3.63) is 59.7 Å². The Bertz CT molecular complexity index is 607. The van der Waals surface area contributed by atoms with Crippen LogP contribution in [-0.4, -0.2) is 14.2 Å². The molecular weight excluding hydrogens is 320 g/mol. The molecule has 142 valence electrons. The third kappa shape index (κ3) is 7.11. The van der Waals surface area contributed by atoms with Gasteiger partial charge in [0, 0.05) is 0 Å². The maximum absolute atomic E-state index is 5.51. The summed E-state index contributed by atoms with van der Waals surface area (Å²) in [6, 6.07) is 17.0. The van der Waals surface area contributed by atoms with Crippen molar-refractivity contribution >= 4 is 0 Å². The van der Waals surface area contributed by atoms with Crippen molar-refractivity contribution in [2.24, 2.45) is 0 Å². The summed E-state index contributed by atoms with van der Waals surface area (Å²) in [5.41, 5.74) is 2.73. The van der Waals surface area contributed by atoms with Gasteiger partial charge in [-0.2, -0.15) is 0 Å². The second-order valence-corrected chi connectivity index (χ2v) is 6.97. The largest absolute Gasteiger partial charge is 0.493 e. The van der Waals surface area contributed by atoms with Crippen LogP contribution in [0.4, 0.5) is 0 Å². The SMILES string of the molecule is COc1cccc(CCCCCCCCCCc2ccccc2)c1OC. The Hall–Kier alpha value is -1.96. The fourth-order valence-corrected chi connectivity index (χ4v) is 3.50. The summed E-state index contributed by atoms with van der Waals surface area (Å²) in [4.78, 5) is 0. The molecule has 0 saturated heterocycles. The number of benzene rings is 2. The van der Waals surface area contributed by atoms with E-state index in [4.69, 9.17) is 9.47 Å². The fraction of sp³-hybridized carbons (Fsp3) is 0.500. The highest BCUT2D eigenvalue weighted by atomic mass is 16.5. The monoisotopic (exact) mass is 354 g/mol. The number of methoxy groups -OCH3 is 2. The molecular formula is C24H34O2. The summed E-state index contributed by atoms with van der Waals surface area (Å²) in [6.07, 6.45) is 12.9. The van der Waals surface area contributed by atoms with E-state index in [1.807, 2.05) is 12.1 Å². The van der Waals surface area contributed by atoms with Crippen LogP contribution in [0.2, 0.25) is 0 Å². The van der Waals surface area contributed by atoms with Gasteiger partial charge in [-0.15, -0.1) is 0 Å². The van der Waals surface area contributed by atoms with E-state index in [0.29, 0.717) is 0 Å². The summed E-state index contributed by atoms with van der Waals surface area (Å²) >= 11 is 0. The van der Waals surface area contributed by atoms with Crippen LogP contribution in [-0.2, 0) is 12.8 Å².